The minimum Gasteiger partial charge on any atom is -0.481 e. The number of carboxylic acids is 1. The van der Waals surface area contributed by atoms with Crippen LogP contribution in [-0.2, 0) is 34.1 Å². The fourth-order valence-electron chi connectivity index (χ4n) is 5.34. The van der Waals surface area contributed by atoms with Crippen molar-refractivity contribution in [2.75, 3.05) is 20.1 Å². The third-order valence-electron chi connectivity index (χ3n) is 7.77. The van der Waals surface area contributed by atoms with Crippen molar-refractivity contribution >= 4 is 16.0 Å². The highest BCUT2D eigenvalue weighted by atomic mass is 32.2. The zero-order valence-corrected chi connectivity index (χ0v) is 26.6. The van der Waals surface area contributed by atoms with Crippen molar-refractivity contribution < 1.29 is 27.1 Å². The summed E-state index contributed by atoms with van der Waals surface area (Å²) in [6.07, 6.45) is 3.08. The van der Waals surface area contributed by atoms with E-state index in [2.05, 4.69) is 43.4 Å². The van der Waals surface area contributed by atoms with Crippen LogP contribution in [0.5, 0.6) is 0 Å². The summed E-state index contributed by atoms with van der Waals surface area (Å²) >= 11 is 0. The van der Waals surface area contributed by atoms with Crippen LogP contribution in [0.15, 0.2) is 65.6 Å². The summed E-state index contributed by atoms with van der Waals surface area (Å²) in [4.78, 5) is 11.2. The average Bonchev–Trinajstić information content (AvgIpc) is 2.95. The molecule has 0 saturated carbocycles. The molecule has 0 aliphatic rings. The Morgan fingerprint density at radius 2 is 1.72 bits per heavy atom. The number of nitrogens with zero attached hydrogens (tertiary/aromatic N) is 1. The lowest BCUT2D eigenvalue weighted by Crippen LogP contribution is -2.44. The van der Waals surface area contributed by atoms with Gasteiger partial charge in [0.25, 0.3) is 0 Å². The summed E-state index contributed by atoms with van der Waals surface area (Å²) in [7, 11) is -2.29. The number of halogens is 2. The third kappa shape index (κ3) is 9.68. The van der Waals surface area contributed by atoms with Gasteiger partial charge in [0, 0.05) is 37.2 Å². The van der Waals surface area contributed by atoms with Crippen LogP contribution in [0.3, 0.4) is 0 Å². The van der Waals surface area contributed by atoms with Crippen molar-refractivity contribution in [3.8, 4) is 11.1 Å². The first kappa shape index (κ1) is 34.4. The first-order valence-electron chi connectivity index (χ1n) is 14.8. The SMILES string of the molecule is CCc1cc(-c2c(F)cc(F)cc2CCC(=O)O)ccc1S(=O)(=O)N(C)C[C@@H](C)CNC(C)(C)CCCc1ccccc1. The first-order chi connectivity index (χ1) is 20.2. The normalized spacial score (nSPS) is 12.9. The van der Waals surface area contributed by atoms with Gasteiger partial charge >= 0.3 is 5.97 Å². The number of aliphatic carboxylic acids is 1. The summed E-state index contributed by atoms with van der Waals surface area (Å²) in [5.74, 6) is -2.65. The topological polar surface area (TPSA) is 86.7 Å². The molecule has 0 radical (unpaired) electrons. The molecule has 3 aromatic carbocycles. The molecule has 43 heavy (non-hydrogen) atoms. The highest BCUT2D eigenvalue weighted by Gasteiger charge is 2.27. The van der Waals surface area contributed by atoms with Crippen molar-refractivity contribution in [2.24, 2.45) is 5.92 Å². The second-order valence-corrected chi connectivity index (χ2v) is 14.0. The Labute approximate surface area is 255 Å². The van der Waals surface area contributed by atoms with Gasteiger partial charge in [-0.05, 0) is 98.9 Å². The predicted molar refractivity (Wildman–Crippen MR) is 168 cm³/mol. The Morgan fingerprint density at radius 3 is 2.37 bits per heavy atom. The molecule has 3 aromatic rings. The van der Waals surface area contributed by atoms with Gasteiger partial charge in [-0.15, -0.1) is 0 Å². The third-order valence-corrected chi connectivity index (χ3v) is 9.69. The molecular formula is C34H44F2N2O4S. The molecule has 9 heteroatoms. The number of aryl methyl sites for hydroxylation is 3. The van der Waals surface area contributed by atoms with Crippen LogP contribution in [0, 0.1) is 17.6 Å². The van der Waals surface area contributed by atoms with E-state index in [1.807, 2.05) is 19.9 Å². The van der Waals surface area contributed by atoms with Gasteiger partial charge in [0.15, 0.2) is 0 Å². The highest BCUT2D eigenvalue weighted by Crippen LogP contribution is 2.32. The van der Waals surface area contributed by atoms with Crippen molar-refractivity contribution in [1.82, 2.24) is 9.62 Å². The van der Waals surface area contributed by atoms with Crippen molar-refractivity contribution in [3.63, 3.8) is 0 Å². The van der Waals surface area contributed by atoms with Gasteiger partial charge in [-0.25, -0.2) is 21.5 Å². The molecule has 0 aromatic heterocycles. The van der Waals surface area contributed by atoms with Gasteiger partial charge in [-0.3, -0.25) is 4.79 Å². The Balaban J connectivity index is 1.69. The van der Waals surface area contributed by atoms with Crippen molar-refractivity contribution in [2.45, 2.75) is 76.7 Å². The van der Waals surface area contributed by atoms with Gasteiger partial charge in [0.2, 0.25) is 10.0 Å². The van der Waals surface area contributed by atoms with E-state index < -0.39 is 27.6 Å². The van der Waals surface area contributed by atoms with E-state index in [1.165, 1.54) is 22.0 Å². The van der Waals surface area contributed by atoms with Crippen LogP contribution < -0.4 is 5.32 Å². The second kappa shape index (κ2) is 15.0. The summed E-state index contributed by atoms with van der Waals surface area (Å²) in [5, 5.41) is 12.7. The Kier molecular flexibility index (Phi) is 12.0. The summed E-state index contributed by atoms with van der Waals surface area (Å²) in [5.41, 5.74) is 2.41. The minimum absolute atomic E-state index is 0.0441. The molecular weight excluding hydrogens is 570 g/mol. The summed E-state index contributed by atoms with van der Waals surface area (Å²) in [6, 6.07) is 16.8. The average molecular weight is 615 g/mol. The lowest BCUT2D eigenvalue weighted by Gasteiger charge is -2.30. The molecule has 2 N–H and O–H groups in total. The highest BCUT2D eigenvalue weighted by molar-refractivity contribution is 7.89. The molecule has 1 atom stereocenters. The van der Waals surface area contributed by atoms with Crippen molar-refractivity contribution in [3.05, 3.63) is 89.0 Å². The Morgan fingerprint density at radius 1 is 1.02 bits per heavy atom. The molecule has 0 heterocycles. The van der Waals surface area contributed by atoms with E-state index in [9.17, 15) is 22.0 Å². The number of hydrogen-bond acceptors (Lipinski definition) is 4. The van der Waals surface area contributed by atoms with E-state index in [-0.39, 0.29) is 40.3 Å². The second-order valence-electron chi connectivity index (χ2n) is 12.0. The quantitative estimate of drug-likeness (QED) is 0.184. The molecule has 0 aliphatic heterocycles. The van der Waals surface area contributed by atoms with E-state index in [4.69, 9.17) is 5.11 Å². The largest absolute Gasteiger partial charge is 0.481 e. The Bertz CT molecular complexity index is 1490. The molecule has 0 saturated heterocycles. The molecule has 6 nitrogen and oxygen atoms in total. The zero-order chi connectivity index (χ0) is 31.8. The number of hydrogen-bond donors (Lipinski definition) is 2. The zero-order valence-electron chi connectivity index (χ0n) is 25.8. The number of carboxylic acid groups (broad SMARTS) is 1. The van der Waals surface area contributed by atoms with E-state index in [0.29, 0.717) is 30.6 Å². The maximum atomic E-state index is 14.9. The Hall–Kier alpha value is -3.14. The molecule has 0 spiro atoms. The first-order valence-corrected chi connectivity index (χ1v) is 16.3. The lowest BCUT2D eigenvalue weighted by molar-refractivity contribution is -0.136. The van der Waals surface area contributed by atoms with Crippen LogP contribution in [0.2, 0.25) is 0 Å². The smallest absolute Gasteiger partial charge is 0.303 e. The van der Waals surface area contributed by atoms with Gasteiger partial charge in [0.1, 0.15) is 11.6 Å². The fraction of sp³-hybridized carbons (Fsp3) is 0.441. The molecule has 234 valence electrons. The fourth-order valence-corrected chi connectivity index (χ4v) is 6.90. The monoisotopic (exact) mass is 614 g/mol. The van der Waals surface area contributed by atoms with Crippen molar-refractivity contribution in [1.29, 1.82) is 0 Å². The number of benzene rings is 3. The van der Waals surface area contributed by atoms with Crippen LogP contribution in [0.4, 0.5) is 8.78 Å². The molecule has 0 unspecified atom stereocenters. The maximum absolute atomic E-state index is 14.9. The maximum Gasteiger partial charge on any atom is 0.303 e. The summed E-state index contributed by atoms with van der Waals surface area (Å²) in [6.45, 7) is 9.12. The molecule has 0 bridgehead atoms. The van der Waals surface area contributed by atoms with Crippen LogP contribution in [0.25, 0.3) is 11.1 Å². The molecule has 0 fully saturated rings. The van der Waals surface area contributed by atoms with Crippen LogP contribution in [0.1, 0.15) is 63.6 Å². The molecule has 0 amide bonds. The van der Waals surface area contributed by atoms with Gasteiger partial charge < -0.3 is 10.4 Å². The number of sulfonamides is 1. The van der Waals surface area contributed by atoms with Gasteiger partial charge in [0.05, 0.1) is 4.90 Å². The standard InChI is InChI=1S/C34H44F2N2O4S/c1-6-26-19-27(33-28(15-17-32(39)40)20-29(35)21-30(33)36)14-16-31(26)43(41,42)38(5)23-24(2)22-37-34(3,4)18-10-13-25-11-8-7-9-12-25/h7-9,11-12,14,16,19-21,24,37H,6,10,13,15,17-18,22-23H2,1-5H3,(H,39,40)/t24-/m0/s1. The number of rotatable bonds is 16. The van der Waals surface area contributed by atoms with E-state index in [1.54, 1.807) is 13.1 Å². The van der Waals surface area contributed by atoms with E-state index >= 15 is 0 Å². The number of carbonyl (C=O) groups is 1. The summed E-state index contributed by atoms with van der Waals surface area (Å²) < 4.78 is 57.6. The van der Waals surface area contributed by atoms with Crippen LogP contribution >= 0.6 is 0 Å². The van der Waals surface area contributed by atoms with E-state index in [0.717, 1.165) is 31.4 Å². The van der Waals surface area contributed by atoms with Gasteiger partial charge in [-0.2, -0.15) is 0 Å². The minimum atomic E-state index is -3.85. The number of nitrogens with one attached hydrogen (secondary N) is 1. The lowest BCUT2D eigenvalue weighted by atomic mass is 9.94. The molecule has 0 aliphatic carbocycles. The molecule has 3 rings (SSSR count). The van der Waals surface area contributed by atoms with Crippen LogP contribution in [-0.4, -0.2) is 49.5 Å². The predicted octanol–water partition coefficient (Wildman–Crippen LogP) is 6.86. The van der Waals surface area contributed by atoms with Gasteiger partial charge in [-0.1, -0.05) is 50.2 Å².